The standard InChI is InChI=1S/C16H29N3O.2ClH/c1-2-19-9-6-14(7-10-19)18-15(20)16-8-4-3-5-13(16)11-17-12-16;;/h13-14,17H,2-12H2,1H3,(H,18,20);2*1H/t13-,16+;;/m0../s1. The van der Waals surface area contributed by atoms with Gasteiger partial charge in [-0.15, -0.1) is 24.8 Å². The Hall–Kier alpha value is -0.0300. The number of hydrogen-bond acceptors (Lipinski definition) is 3. The second-order valence-corrected chi connectivity index (χ2v) is 6.91. The van der Waals surface area contributed by atoms with Crippen molar-refractivity contribution in [2.45, 2.75) is 51.5 Å². The van der Waals surface area contributed by atoms with Crippen molar-refractivity contribution in [2.24, 2.45) is 11.3 Å². The molecule has 3 rings (SSSR count). The van der Waals surface area contributed by atoms with Gasteiger partial charge in [0.1, 0.15) is 0 Å². The van der Waals surface area contributed by atoms with Gasteiger partial charge >= 0.3 is 0 Å². The molecule has 3 aliphatic rings. The molecule has 2 N–H and O–H groups in total. The van der Waals surface area contributed by atoms with Gasteiger partial charge in [-0.25, -0.2) is 0 Å². The van der Waals surface area contributed by atoms with Gasteiger partial charge in [-0.05, 0) is 44.7 Å². The monoisotopic (exact) mass is 351 g/mol. The van der Waals surface area contributed by atoms with Crippen LogP contribution in [0.2, 0.25) is 0 Å². The quantitative estimate of drug-likeness (QED) is 0.819. The van der Waals surface area contributed by atoms with E-state index in [1.807, 2.05) is 0 Å². The highest BCUT2D eigenvalue weighted by Crippen LogP contribution is 2.44. The molecule has 2 saturated heterocycles. The molecule has 3 fully saturated rings. The minimum absolute atomic E-state index is 0. The number of hydrogen-bond donors (Lipinski definition) is 2. The van der Waals surface area contributed by atoms with E-state index in [4.69, 9.17) is 0 Å². The van der Waals surface area contributed by atoms with Crippen LogP contribution in [0.5, 0.6) is 0 Å². The zero-order chi connectivity index (χ0) is 14.0. The molecule has 22 heavy (non-hydrogen) atoms. The third-order valence-corrected chi connectivity index (χ3v) is 5.86. The zero-order valence-electron chi connectivity index (χ0n) is 13.6. The molecule has 0 aromatic heterocycles. The van der Waals surface area contributed by atoms with Gasteiger partial charge in [0.2, 0.25) is 5.91 Å². The fraction of sp³-hybridized carbons (Fsp3) is 0.938. The number of piperidine rings is 1. The van der Waals surface area contributed by atoms with E-state index in [2.05, 4.69) is 22.5 Å². The van der Waals surface area contributed by atoms with E-state index in [0.717, 1.165) is 52.0 Å². The number of halogens is 2. The van der Waals surface area contributed by atoms with Crippen LogP contribution in [0, 0.1) is 11.3 Å². The van der Waals surface area contributed by atoms with Crippen LogP contribution in [-0.4, -0.2) is 49.6 Å². The van der Waals surface area contributed by atoms with Crippen molar-refractivity contribution in [3.8, 4) is 0 Å². The van der Waals surface area contributed by atoms with E-state index in [9.17, 15) is 4.79 Å². The van der Waals surface area contributed by atoms with E-state index in [0.29, 0.717) is 17.9 Å². The van der Waals surface area contributed by atoms with Crippen LogP contribution in [0.15, 0.2) is 0 Å². The molecule has 1 amide bonds. The van der Waals surface area contributed by atoms with Crippen LogP contribution in [0.4, 0.5) is 0 Å². The number of nitrogens with zero attached hydrogens (tertiary/aromatic N) is 1. The van der Waals surface area contributed by atoms with Crippen LogP contribution in [0.3, 0.4) is 0 Å². The van der Waals surface area contributed by atoms with Crippen LogP contribution in [0.25, 0.3) is 0 Å². The molecular weight excluding hydrogens is 321 g/mol. The summed E-state index contributed by atoms with van der Waals surface area (Å²) < 4.78 is 0. The lowest BCUT2D eigenvalue weighted by molar-refractivity contribution is -0.135. The van der Waals surface area contributed by atoms with Crippen molar-refractivity contribution in [2.75, 3.05) is 32.7 Å². The smallest absolute Gasteiger partial charge is 0.228 e. The summed E-state index contributed by atoms with van der Waals surface area (Å²) in [6.07, 6.45) is 7.08. The molecule has 0 radical (unpaired) electrons. The van der Waals surface area contributed by atoms with Crippen molar-refractivity contribution < 1.29 is 4.79 Å². The van der Waals surface area contributed by atoms with E-state index in [-0.39, 0.29) is 30.2 Å². The molecule has 1 aliphatic carbocycles. The molecule has 4 nitrogen and oxygen atoms in total. The first-order valence-electron chi connectivity index (χ1n) is 8.48. The topological polar surface area (TPSA) is 44.4 Å². The van der Waals surface area contributed by atoms with Gasteiger partial charge in [0, 0.05) is 25.7 Å². The van der Waals surface area contributed by atoms with Crippen molar-refractivity contribution >= 4 is 30.7 Å². The van der Waals surface area contributed by atoms with E-state index in [1.165, 1.54) is 19.3 Å². The average molecular weight is 352 g/mol. The van der Waals surface area contributed by atoms with E-state index >= 15 is 0 Å². The van der Waals surface area contributed by atoms with E-state index in [1.54, 1.807) is 0 Å². The SMILES string of the molecule is CCN1CCC(NC(=O)[C@@]23CCCC[C@H]2CNC3)CC1.Cl.Cl. The number of likely N-dealkylation sites (tertiary alicyclic amines) is 1. The minimum atomic E-state index is -0.0832. The molecule has 130 valence electrons. The lowest BCUT2D eigenvalue weighted by Crippen LogP contribution is -2.53. The maximum absolute atomic E-state index is 12.9. The maximum Gasteiger partial charge on any atom is 0.228 e. The molecule has 2 heterocycles. The first-order valence-corrected chi connectivity index (χ1v) is 8.48. The van der Waals surface area contributed by atoms with Gasteiger partial charge in [-0.1, -0.05) is 19.8 Å². The first-order chi connectivity index (χ1) is 9.74. The Balaban J connectivity index is 0.00000121. The van der Waals surface area contributed by atoms with Crippen LogP contribution in [-0.2, 0) is 4.79 Å². The summed E-state index contributed by atoms with van der Waals surface area (Å²) >= 11 is 0. The summed E-state index contributed by atoms with van der Waals surface area (Å²) in [5, 5.41) is 6.86. The lowest BCUT2D eigenvalue weighted by Gasteiger charge is -2.39. The summed E-state index contributed by atoms with van der Waals surface area (Å²) in [7, 11) is 0. The van der Waals surface area contributed by atoms with Crippen LogP contribution < -0.4 is 10.6 Å². The van der Waals surface area contributed by atoms with Gasteiger partial charge in [0.05, 0.1) is 5.41 Å². The van der Waals surface area contributed by atoms with Gasteiger partial charge in [0.15, 0.2) is 0 Å². The third-order valence-electron chi connectivity index (χ3n) is 5.86. The summed E-state index contributed by atoms with van der Waals surface area (Å²) in [6.45, 7) is 7.57. The Bertz CT molecular complexity index is 361. The highest BCUT2D eigenvalue weighted by Gasteiger charge is 2.50. The van der Waals surface area contributed by atoms with E-state index < -0.39 is 0 Å². The fourth-order valence-corrected chi connectivity index (χ4v) is 4.41. The molecule has 0 bridgehead atoms. The normalized spacial score (nSPS) is 32.5. The van der Waals surface area contributed by atoms with Crippen molar-refractivity contribution in [3.63, 3.8) is 0 Å². The Morgan fingerprint density at radius 1 is 1.23 bits per heavy atom. The van der Waals surface area contributed by atoms with Gasteiger partial charge in [0.25, 0.3) is 0 Å². The van der Waals surface area contributed by atoms with Gasteiger partial charge in [-0.3, -0.25) is 4.79 Å². The molecule has 0 aromatic rings. The van der Waals surface area contributed by atoms with Gasteiger partial charge < -0.3 is 15.5 Å². The molecule has 1 saturated carbocycles. The summed E-state index contributed by atoms with van der Waals surface area (Å²) in [6, 6.07) is 0.405. The molecule has 6 heteroatoms. The number of carbonyl (C=O) groups excluding carboxylic acids is 1. The number of amides is 1. The molecule has 2 atom stereocenters. The van der Waals surface area contributed by atoms with Crippen LogP contribution in [0.1, 0.15) is 45.4 Å². The van der Waals surface area contributed by atoms with Crippen molar-refractivity contribution in [3.05, 3.63) is 0 Å². The lowest BCUT2D eigenvalue weighted by atomic mass is 9.67. The summed E-state index contributed by atoms with van der Waals surface area (Å²) in [5.74, 6) is 0.925. The predicted molar refractivity (Wildman–Crippen MR) is 95.0 cm³/mol. The summed E-state index contributed by atoms with van der Waals surface area (Å²) in [4.78, 5) is 15.3. The highest BCUT2D eigenvalue weighted by atomic mass is 35.5. The number of carbonyl (C=O) groups is 1. The highest BCUT2D eigenvalue weighted by molar-refractivity contribution is 5.85. The van der Waals surface area contributed by atoms with Crippen molar-refractivity contribution in [1.82, 2.24) is 15.5 Å². The second-order valence-electron chi connectivity index (χ2n) is 6.91. The van der Waals surface area contributed by atoms with Crippen LogP contribution >= 0.6 is 24.8 Å². The summed E-state index contributed by atoms with van der Waals surface area (Å²) in [5.41, 5.74) is -0.0832. The first kappa shape index (κ1) is 20.0. The number of fused-ring (bicyclic) bond motifs is 1. The number of rotatable bonds is 3. The zero-order valence-corrected chi connectivity index (χ0v) is 15.2. The maximum atomic E-state index is 12.9. The Labute approximate surface area is 147 Å². The third kappa shape index (κ3) is 3.89. The Morgan fingerprint density at radius 3 is 2.64 bits per heavy atom. The molecule has 0 aromatic carbocycles. The molecule has 2 aliphatic heterocycles. The number of nitrogens with one attached hydrogen (secondary N) is 2. The Kier molecular flexibility index (Phi) is 7.93. The predicted octanol–water partition coefficient (Wildman–Crippen LogP) is 2.21. The second kappa shape index (κ2) is 8.72. The molecular formula is C16H31Cl2N3O. The molecule has 0 unspecified atom stereocenters. The van der Waals surface area contributed by atoms with Crippen molar-refractivity contribution in [1.29, 1.82) is 0 Å². The largest absolute Gasteiger partial charge is 0.353 e. The average Bonchev–Trinajstić information content (AvgIpc) is 2.93. The minimum Gasteiger partial charge on any atom is -0.353 e. The van der Waals surface area contributed by atoms with Gasteiger partial charge in [-0.2, -0.15) is 0 Å². The fourth-order valence-electron chi connectivity index (χ4n) is 4.41. The Morgan fingerprint density at radius 2 is 1.95 bits per heavy atom. The molecule has 0 spiro atoms.